The molecular formula is C16H25N3O. The number of hydrogen-bond acceptors (Lipinski definition) is 3. The van der Waals surface area contributed by atoms with E-state index in [-0.39, 0.29) is 5.91 Å². The normalized spacial score (nSPS) is 19.5. The fourth-order valence-corrected chi connectivity index (χ4v) is 2.81. The second kappa shape index (κ2) is 6.84. The fraction of sp³-hybridized carbons (Fsp3) is 0.625. The summed E-state index contributed by atoms with van der Waals surface area (Å²) in [4.78, 5) is 18.7. The van der Waals surface area contributed by atoms with Crippen LogP contribution in [0.4, 0.5) is 0 Å². The van der Waals surface area contributed by atoms with Crippen molar-refractivity contribution in [1.82, 2.24) is 15.2 Å². The first kappa shape index (κ1) is 15.0. The highest BCUT2D eigenvalue weighted by molar-refractivity contribution is 5.93. The molecule has 2 heterocycles. The average Bonchev–Trinajstić information content (AvgIpc) is 2.83. The van der Waals surface area contributed by atoms with E-state index in [4.69, 9.17) is 0 Å². The smallest absolute Gasteiger partial charge is 0.270 e. The van der Waals surface area contributed by atoms with Crippen molar-refractivity contribution in [2.75, 3.05) is 26.2 Å². The van der Waals surface area contributed by atoms with Crippen LogP contribution in [0.25, 0.3) is 0 Å². The number of pyridine rings is 1. The largest absolute Gasteiger partial charge is 0.350 e. The molecule has 0 radical (unpaired) electrons. The van der Waals surface area contributed by atoms with E-state index in [2.05, 4.69) is 29.0 Å². The summed E-state index contributed by atoms with van der Waals surface area (Å²) in [6.45, 7) is 10.6. The minimum atomic E-state index is -0.0505. The van der Waals surface area contributed by atoms with Crippen LogP contribution >= 0.6 is 0 Å². The van der Waals surface area contributed by atoms with Crippen molar-refractivity contribution in [3.8, 4) is 0 Å². The van der Waals surface area contributed by atoms with Crippen LogP contribution in [0.3, 0.4) is 0 Å². The third kappa shape index (κ3) is 4.04. The molecule has 4 heteroatoms. The summed E-state index contributed by atoms with van der Waals surface area (Å²) < 4.78 is 0. The second-order valence-corrected chi connectivity index (χ2v) is 6.19. The van der Waals surface area contributed by atoms with Crippen molar-refractivity contribution in [3.05, 3.63) is 29.6 Å². The highest BCUT2D eigenvalue weighted by atomic mass is 16.1. The van der Waals surface area contributed by atoms with E-state index >= 15 is 0 Å². The minimum Gasteiger partial charge on any atom is -0.350 e. The van der Waals surface area contributed by atoms with E-state index in [9.17, 15) is 4.79 Å². The number of amides is 1. The van der Waals surface area contributed by atoms with Gasteiger partial charge in [0.1, 0.15) is 5.69 Å². The zero-order valence-corrected chi connectivity index (χ0v) is 12.7. The summed E-state index contributed by atoms with van der Waals surface area (Å²) in [5, 5.41) is 3.03. The van der Waals surface area contributed by atoms with Gasteiger partial charge in [-0.1, -0.05) is 19.9 Å². The molecule has 0 spiro atoms. The van der Waals surface area contributed by atoms with Gasteiger partial charge in [-0.3, -0.25) is 9.78 Å². The Labute approximate surface area is 121 Å². The molecule has 110 valence electrons. The van der Waals surface area contributed by atoms with Crippen molar-refractivity contribution in [2.24, 2.45) is 11.8 Å². The number of rotatable bonds is 5. The quantitative estimate of drug-likeness (QED) is 0.895. The number of nitrogens with zero attached hydrogens (tertiary/aromatic N) is 2. The predicted molar refractivity (Wildman–Crippen MR) is 80.7 cm³/mol. The number of nitrogens with one attached hydrogen (secondary N) is 1. The van der Waals surface area contributed by atoms with Crippen LogP contribution in [0.2, 0.25) is 0 Å². The van der Waals surface area contributed by atoms with Gasteiger partial charge < -0.3 is 10.2 Å². The predicted octanol–water partition coefficient (Wildman–Crippen LogP) is 2.10. The molecule has 0 saturated carbocycles. The summed E-state index contributed by atoms with van der Waals surface area (Å²) in [6, 6.07) is 3.77. The van der Waals surface area contributed by atoms with Crippen molar-refractivity contribution in [3.63, 3.8) is 0 Å². The van der Waals surface area contributed by atoms with Gasteiger partial charge in [0.25, 0.3) is 5.91 Å². The number of hydrogen-bond donors (Lipinski definition) is 1. The van der Waals surface area contributed by atoms with Crippen LogP contribution in [0, 0.1) is 18.8 Å². The molecule has 4 nitrogen and oxygen atoms in total. The molecule has 1 unspecified atom stereocenters. The topological polar surface area (TPSA) is 45.2 Å². The Morgan fingerprint density at radius 3 is 3.05 bits per heavy atom. The lowest BCUT2D eigenvalue weighted by molar-refractivity contribution is 0.0941. The summed E-state index contributed by atoms with van der Waals surface area (Å²) >= 11 is 0. The van der Waals surface area contributed by atoms with E-state index in [1.54, 1.807) is 6.20 Å². The van der Waals surface area contributed by atoms with Crippen molar-refractivity contribution >= 4 is 5.91 Å². The van der Waals surface area contributed by atoms with Gasteiger partial charge in [-0.25, -0.2) is 0 Å². The maximum Gasteiger partial charge on any atom is 0.270 e. The third-order valence-electron chi connectivity index (χ3n) is 3.77. The zero-order valence-electron chi connectivity index (χ0n) is 12.7. The first-order chi connectivity index (χ1) is 9.56. The Kier molecular flexibility index (Phi) is 5.12. The Bertz CT molecular complexity index is 459. The molecule has 2 rings (SSSR count). The fourth-order valence-electron chi connectivity index (χ4n) is 2.81. The SMILES string of the molecule is Cc1cccnc1C(=O)NCC1CCN(CC(C)C)C1. The zero-order chi connectivity index (χ0) is 14.5. The number of carbonyl (C=O) groups is 1. The molecule has 20 heavy (non-hydrogen) atoms. The van der Waals surface area contributed by atoms with Gasteiger partial charge in [0.05, 0.1) is 0 Å². The second-order valence-electron chi connectivity index (χ2n) is 6.19. The van der Waals surface area contributed by atoms with E-state index in [1.165, 1.54) is 6.42 Å². The van der Waals surface area contributed by atoms with Crippen LogP contribution in [-0.4, -0.2) is 42.0 Å². The Morgan fingerprint density at radius 1 is 1.55 bits per heavy atom. The van der Waals surface area contributed by atoms with Crippen LogP contribution in [0.1, 0.15) is 36.3 Å². The third-order valence-corrected chi connectivity index (χ3v) is 3.77. The molecule has 1 N–H and O–H groups in total. The Hall–Kier alpha value is -1.42. The number of aromatic nitrogens is 1. The van der Waals surface area contributed by atoms with Crippen molar-refractivity contribution < 1.29 is 4.79 Å². The van der Waals surface area contributed by atoms with Crippen molar-refractivity contribution in [2.45, 2.75) is 27.2 Å². The molecule has 1 fully saturated rings. The van der Waals surface area contributed by atoms with Crippen LogP contribution in [0.15, 0.2) is 18.3 Å². The lowest BCUT2D eigenvalue weighted by atomic mass is 10.1. The van der Waals surface area contributed by atoms with E-state index in [0.717, 1.165) is 31.7 Å². The van der Waals surface area contributed by atoms with Gasteiger partial charge >= 0.3 is 0 Å². The summed E-state index contributed by atoms with van der Waals surface area (Å²) in [6.07, 6.45) is 2.84. The molecule has 1 amide bonds. The molecule has 0 aromatic carbocycles. The minimum absolute atomic E-state index is 0.0505. The van der Waals surface area contributed by atoms with E-state index < -0.39 is 0 Å². The lowest BCUT2D eigenvalue weighted by Gasteiger charge is -2.18. The molecule has 0 aliphatic carbocycles. The molecule has 1 atom stereocenters. The summed E-state index contributed by atoms with van der Waals surface area (Å²) in [5.74, 6) is 1.23. The van der Waals surface area contributed by atoms with Gasteiger partial charge in [-0.05, 0) is 43.4 Å². The number of carbonyl (C=O) groups excluding carboxylic acids is 1. The van der Waals surface area contributed by atoms with Crippen molar-refractivity contribution in [1.29, 1.82) is 0 Å². The number of aryl methyl sites for hydroxylation is 1. The van der Waals surface area contributed by atoms with Gasteiger partial charge in [0, 0.05) is 25.8 Å². The molecule has 1 saturated heterocycles. The van der Waals surface area contributed by atoms with Crippen LogP contribution in [0.5, 0.6) is 0 Å². The molecule has 0 bridgehead atoms. The average molecular weight is 275 g/mol. The van der Waals surface area contributed by atoms with Gasteiger partial charge in [-0.15, -0.1) is 0 Å². The number of likely N-dealkylation sites (tertiary alicyclic amines) is 1. The summed E-state index contributed by atoms with van der Waals surface area (Å²) in [7, 11) is 0. The highest BCUT2D eigenvalue weighted by Crippen LogP contribution is 2.16. The first-order valence-corrected chi connectivity index (χ1v) is 7.48. The lowest BCUT2D eigenvalue weighted by Crippen LogP contribution is -2.32. The molecule has 1 aromatic rings. The van der Waals surface area contributed by atoms with E-state index in [1.807, 2.05) is 19.1 Å². The molecule has 1 aliphatic heterocycles. The van der Waals surface area contributed by atoms with Gasteiger partial charge in [0.15, 0.2) is 0 Å². The van der Waals surface area contributed by atoms with Crippen LogP contribution in [-0.2, 0) is 0 Å². The molecular weight excluding hydrogens is 250 g/mol. The Balaban J connectivity index is 1.79. The standard InChI is InChI=1S/C16H25N3O/c1-12(2)10-19-8-6-14(11-19)9-18-16(20)15-13(3)5-4-7-17-15/h4-5,7,12,14H,6,8-11H2,1-3H3,(H,18,20). The molecule has 1 aromatic heterocycles. The molecule has 1 aliphatic rings. The Morgan fingerprint density at radius 2 is 2.35 bits per heavy atom. The maximum atomic E-state index is 12.1. The van der Waals surface area contributed by atoms with Gasteiger partial charge in [-0.2, -0.15) is 0 Å². The maximum absolute atomic E-state index is 12.1. The van der Waals surface area contributed by atoms with Gasteiger partial charge in [0.2, 0.25) is 0 Å². The highest BCUT2D eigenvalue weighted by Gasteiger charge is 2.23. The monoisotopic (exact) mass is 275 g/mol. The summed E-state index contributed by atoms with van der Waals surface area (Å²) in [5.41, 5.74) is 1.47. The van der Waals surface area contributed by atoms with E-state index in [0.29, 0.717) is 17.5 Å². The first-order valence-electron chi connectivity index (χ1n) is 7.48. The van der Waals surface area contributed by atoms with Crippen LogP contribution < -0.4 is 5.32 Å².